The van der Waals surface area contributed by atoms with E-state index in [0.717, 1.165) is 0 Å². The molecular formula is C9H16BrNO3. The van der Waals surface area contributed by atoms with E-state index in [9.17, 15) is 9.59 Å². The summed E-state index contributed by atoms with van der Waals surface area (Å²) in [5.74, 6) is -0.617. The highest BCUT2D eigenvalue weighted by molar-refractivity contribution is 9.10. The highest BCUT2D eigenvalue weighted by Crippen LogP contribution is 2.05. The predicted molar refractivity (Wildman–Crippen MR) is 57.2 cm³/mol. The van der Waals surface area contributed by atoms with Crippen LogP contribution >= 0.6 is 15.9 Å². The number of hydrogen-bond donors (Lipinski definition) is 1. The molecule has 0 aliphatic rings. The van der Waals surface area contributed by atoms with E-state index in [-0.39, 0.29) is 16.7 Å². The average Bonchev–Trinajstić information content (AvgIpc) is 2.11. The lowest BCUT2D eigenvalue weighted by Crippen LogP contribution is -2.47. The summed E-state index contributed by atoms with van der Waals surface area (Å²) in [5, 5.41) is 2.61. The first-order chi connectivity index (χ1) is 6.40. The van der Waals surface area contributed by atoms with Crippen LogP contribution in [-0.2, 0) is 14.3 Å². The van der Waals surface area contributed by atoms with Gasteiger partial charge in [-0.05, 0) is 12.8 Å². The molecule has 0 fully saturated rings. The van der Waals surface area contributed by atoms with Gasteiger partial charge < -0.3 is 10.1 Å². The Labute approximate surface area is 92.5 Å². The molecule has 0 radical (unpaired) electrons. The molecule has 0 aromatic heterocycles. The molecule has 0 heterocycles. The first kappa shape index (κ1) is 13.4. The Morgan fingerprint density at radius 2 is 1.79 bits per heavy atom. The fourth-order valence-corrected chi connectivity index (χ4v) is 1.02. The van der Waals surface area contributed by atoms with Gasteiger partial charge in [0, 0.05) is 0 Å². The molecule has 0 aromatic carbocycles. The summed E-state index contributed by atoms with van der Waals surface area (Å²) in [6.45, 7) is 5.39. The summed E-state index contributed by atoms with van der Waals surface area (Å²) in [5.41, 5.74) is 0. The van der Waals surface area contributed by atoms with Crippen molar-refractivity contribution in [1.29, 1.82) is 0 Å². The molecule has 14 heavy (non-hydrogen) atoms. The first-order valence-corrected chi connectivity index (χ1v) is 5.34. The van der Waals surface area contributed by atoms with E-state index in [1.807, 2.05) is 13.8 Å². The highest BCUT2D eigenvalue weighted by atomic mass is 79.9. The number of methoxy groups -OCH3 is 1. The Bertz CT molecular complexity index is 216. The first-order valence-electron chi connectivity index (χ1n) is 4.42. The number of rotatable bonds is 4. The van der Waals surface area contributed by atoms with Crippen molar-refractivity contribution < 1.29 is 14.3 Å². The van der Waals surface area contributed by atoms with Crippen molar-refractivity contribution in [2.24, 2.45) is 5.92 Å². The molecule has 82 valence electrons. The molecule has 1 N–H and O–H groups in total. The molecule has 0 rings (SSSR count). The van der Waals surface area contributed by atoms with E-state index >= 15 is 0 Å². The van der Waals surface area contributed by atoms with Crippen molar-refractivity contribution in [3.63, 3.8) is 0 Å². The van der Waals surface area contributed by atoms with Crippen molar-refractivity contribution in [3.05, 3.63) is 0 Å². The van der Waals surface area contributed by atoms with Gasteiger partial charge in [0.25, 0.3) is 0 Å². The third kappa shape index (κ3) is 4.09. The second-order valence-electron chi connectivity index (χ2n) is 3.37. The van der Waals surface area contributed by atoms with Crippen LogP contribution in [0.1, 0.15) is 20.8 Å². The summed E-state index contributed by atoms with van der Waals surface area (Å²) in [6, 6.07) is -0.576. The average molecular weight is 266 g/mol. The fourth-order valence-electron chi connectivity index (χ4n) is 0.893. The van der Waals surface area contributed by atoms with E-state index in [1.165, 1.54) is 7.11 Å². The van der Waals surface area contributed by atoms with Gasteiger partial charge in [-0.3, -0.25) is 4.79 Å². The van der Waals surface area contributed by atoms with Gasteiger partial charge in [0.2, 0.25) is 5.91 Å². The molecule has 1 unspecified atom stereocenters. The molecule has 0 aliphatic heterocycles. The number of nitrogens with one attached hydrogen (secondary N) is 1. The fraction of sp³-hybridized carbons (Fsp3) is 0.778. The minimum absolute atomic E-state index is 0.0117. The second-order valence-corrected chi connectivity index (χ2v) is 4.74. The summed E-state index contributed by atoms with van der Waals surface area (Å²) >= 11 is 3.12. The van der Waals surface area contributed by atoms with E-state index in [0.29, 0.717) is 0 Å². The number of ether oxygens (including phenoxy) is 1. The number of amides is 1. The Morgan fingerprint density at radius 3 is 2.07 bits per heavy atom. The zero-order chi connectivity index (χ0) is 11.3. The molecule has 0 saturated carbocycles. The topological polar surface area (TPSA) is 55.4 Å². The largest absolute Gasteiger partial charge is 0.467 e. The van der Waals surface area contributed by atoms with Crippen LogP contribution in [0.2, 0.25) is 0 Å². The van der Waals surface area contributed by atoms with Gasteiger partial charge in [-0.15, -0.1) is 0 Å². The Morgan fingerprint density at radius 1 is 1.29 bits per heavy atom. The molecule has 0 aliphatic carbocycles. The third-order valence-electron chi connectivity index (χ3n) is 1.78. The van der Waals surface area contributed by atoms with Crippen LogP contribution in [0.4, 0.5) is 0 Å². The zero-order valence-electron chi connectivity index (χ0n) is 8.83. The van der Waals surface area contributed by atoms with E-state index < -0.39 is 12.0 Å². The van der Waals surface area contributed by atoms with Crippen LogP contribution in [0.5, 0.6) is 0 Å². The number of hydrogen-bond acceptors (Lipinski definition) is 3. The van der Waals surface area contributed by atoms with Gasteiger partial charge in [0.15, 0.2) is 0 Å². The van der Waals surface area contributed by atoms with Gasteiger partial charge in [-0.25, -0.2) is 4.79 Å². The molecule has 1 amide bonds. The summed E-state index contributed by atoms with van der Waals surface area (Å²) in [6.07, 6.45) is 0. The van der Waals surface area contributed by atoms with Crippen molar-refractivity contribution in [1.82, 2.24) is 5.32 Å². The molecule has 0 spiro atoms. The quantitative estimate of drug-likeness (QED) is 0.612. The van der Waals surface area contributed by atoms with E-state index in [1.54, 1.807) is 6.92 Å². The van der Waals surface area contributed by atoms with E-state index in [4.69, 9.17) is 0 Å². The normalized spacial score (nSPS) is 14.7. The Balaban J connectivity index is 4.38. The summed E-state index contributed by atoms with van der Waals surface area (Å²) in [7, 11) is 1.31. The number of carbonyl (C=O) groups excluding carboxylic acids is 2. The molecule has 0 aromatic rings. The van der Waals surface area contributed by atoms with Crippen LogP contribution in [0, 0.1) is 5.92 Å². The van der Waals surface area contributed by atoms with Crippen molar-refractivity contribution in [2.45, 2.75) is 31.6 Å². The van der Waals surface area contributed by atoms with Crippen molar-refractivity contribution in [2.75, 3.05) is 7.11 Å². The van der Waals surface area contributed by atoms with Crippen LogP contribution in [0.15, 0.2) is 0 Å². The van der Waals surface area contributed by atoms with Gasteiger partial charge in [0.1, 0.15) is 6.04 Å². The maximum atomic E-state index is 11.3. The third-order valence-corrected chi connectivity index (χ3v) is 2.20. The second kappa shape index (κ2) is 6.01. The molecule has 0 saturated heterocycles. The van der Waals surface area contributed by atoms with Gasteiger partial charge in [-0.2, -0.15) is 0 Å². The lowest BCUT2D eigenvalue weighted by Gasteiger charge is -2.20. The minimum Gasteiger partial charge on any atom is -0.467 e. The predicted octanol–water partition coefficient (Wildman–Crippen LogP) is 1.08. The van der Waals surface area contributed by atoms with Crippen molar-refractivity contribution in [3.8, 4) is 0 Å². The molecule has 2 atom stereocenters. The number of halogens is 1. The van der Waals surface area contributed by atoms with Crippen LogP contribution in [-0.4, -0.2) is 29.9 Å². The molecule has 0 bridgehead atoms. The Hall–Kier alpha value is -0.580. The molecule has 4 nitrogen and oxygen atoms in total. The lowest BCUT2D eigenvalue weighted by molar-refractivity contribution is -0.146. The zero-order valence-corrected chi connectivity index (χ0v) is 10.4. The standard InChI is InChI=1S/C9H16BrNO3/c1-5(2)7(9(13)14-4)11-8(12)6(3)10/h5-7H,1-4H3,(H,11,12)/t6?,7-/m0/s1. The smallest absolute Gasteiger partial charge is 0.328 e. The van der Waals surface area contributed by atoms with Gasteiger partial charge in [0.05, 0.1) is 11.9 Å². The monoisotopic (exact) mass is 265 g/mol. The number of alkyl halides is 1. The SMILES string of the molecule is COC(=O)[C@@H](NC(=O)C(C)Br)C(C)C. The number of esters is 1. The maximum absolute atomic E-state index is 11.3. The number of carbonyl (C=O) groups is 2. The van der Waals surface area contributed by atoms with Crippen LogP contribution < -0.4 is 5.32 Å². The lowest BCUT2D eigenvalue weighted by atomic mass is 10.0. The summed E-state index contributed by atoms with van der Waals surface area (Å²) in [4.78, 5) is 22.3. The maximum Gasteiger partial charge on any atom is 0.328 e. The minimum atomic E-state index is -0.576. The van der Waals surface area contributed by atoms with Crippen molar-refractivity contribution >= 4 is 27.8 Å². The highest BCUT2D eigenvalue weighted by Gasteiger charge is 2.25. The van der Waals surface area contributed by atoms with Gasteiger partial charge >= 0.3 is 5.97 Å². The molecule has 5 heteroatoms. The Kier molecular flexibility index (Phi) is 5.76. The van der Waals surface area contributed by atoms with Gasteiger partial charge in [-0.1, -0.05) is 29.8 Å². The van der Waals surface area contributed by atoms with Crippen LogP contribution in [0.25, 0.3) is 0 Å². The van der Waals surface area contributed by atoms with Crippen LogP contribution in [0.3, 0.4) is 0 Å². The summed E-state index contributed by atoms with van der Waals surface area (Å²) < 4.78 is 4.59. The van der Waals surface area contributed by atoms with E-state index in [2.05, 4.69) is 26.0 Å². The molecular weight excluding hydrogens is 250 g/mol.